The number of halogens is 2. The van der Waals surface area contributed by atoms with Crippen molar-refractivity contribution < 1.29 is 27.8 Å². The Hall–Kier alpha value is -3.52. The molecule has 1 saturated carbocycles. The molecule has 0 radical (unpaired) electrons. The second-order valence-corrected chi connectivity index (χ2v) is 10.2. The van der Waals surface area contributed by atoms with Crippen LogP contribution in [0, 0.1) is 11.6 Å². The van der Waals surface area contributed by atoms with Crippen molar-refractivity contribution in [3.63, 3.8) is 0 Å². The Labute approximate surface area is 214 Å². The first-order valence-electron chi connectivity index (χ1n) is 12.5. The molecule has 0 bridgehead atoms. The van der Waals surface area contributed by atoms with Gasteiger partial charge in [0.1, 0.15) is 12.3 Å². The second kappa shape index (κ2) is 9.74. The summed E-state index contributed by atoms with van der Waals surface area (Å²) in [7, 11) is 1.56. The Kier molecular flexibility index (Phi) is 6.62. The molecule has 0 spiro atoms. The zero-order valence-electron chi connectivity index (χ0n) is 21.1. The van der Waals surface area contributed by atoms with Crippen molar-refractivity contribution in [1.29, 1.82) is 0 Å². The summed E-state index contributed by atoms with van der Waals surface area (Å²) in [6, 6.07) is 10.8. The van der Waals surface area contributed by atoms with Crippen LogP contribution in [-0.2, 0) is 5.54 Å². The fourth-order valence-electron chi connectivity index (χ4n) is 4.46. The maximum absolute atomic E-state index is 14.0. The minimum Gasteiger partial charge on any atom is -0.493 e. The van der Waals surface area contributed by atoms with Gasteiger partial charge in [-0.2, -0.15) is 0 Å². The van der Waals surface area contributed by atoms with E-state index in [0.717, 1.165) is 30.5 Å². The molecule has 0 amide bonds. The van der Waals surface area contributed by atoms with Crippen LogP contribution in [0.4, 0.5) is 8.78 Å². The summed E-state index contributed by atoms with van der Waals surface area (Å²) in [5.41, 5.74) is 8.55. The fourth-order valence-corrected chi connectivity index (χ4v) is 4.46. The third kappa shape index (κ3) is 5.16. The quantitative estimate of drug-likeness (QED) is 0.362. The number of Topliss-reactive ketones (excluding diaryl/α,β-unsaturated/α-hetero) is 1. The van der Waals surface area contributed by atoms with Crippen molar-refractivity contribution in [3.8, 4) is 28.5 Å². The van der Waals surface area contributed by atoms with Crippen molar-refractivity contribution in [2.45, 2.75) is 57.1 Å². The van der Waals surface area contributed by atoms with E-state index < -0.39 is 17.2 Å². The number of carbonyl (C=O) groups excluding carboxylic acids is 1. The number of ketones is 1. The Morgan fingerprint density at radius 3 is 2.65 bits per heavy atom. The molecule has 1 unspecified atom stereocenters. The van der Waals surface area contributed by atoms with E-state index in [-0.39, 0.29) is 24.4 Å². The Bertz CT molecular complexity index is 1350. The molecule has 8 heteroatoms. The second-order valence-electron chi connectivity index (χ2n) is 10.2. The van der Waals surface area contributed by atoms with Crippen LogP contribution in [0.2, 0.25) is 0 Å². The van der Waals surface area contributed by atoms with Gasteiger partial charge < -0.3 is 19.9 Å². The van der Waals surface area contributed by atoms with Crippen LogP contribution >= 0.6 is 0 Å². The molecule has 3 aromatic rings. The van der Waals surface area contributed by atoms with E-state index in [1.165, 1.54) is 6.07 Å². The number of rotatable bonds is 9. The molecule has 2 atom stereocenters. The number of methoxy groups -OCH3 is 1. The Balaban J connectivity index is 1.37. The number of nitrogens with zero attached hydrogens (tertiary/aromatic N) is 1. The predicted molar refractivity (Wildman–Crippen MR) is 135 cm³/mol. The van der Waals surface area contributed by atoms with E-state index in [0.29, 0.717) is 52.6 Å². The molecular formula is C29H30F2N2O4. The van der Waals surface area contributed by atoms with Gasteiger partial charge in [-0.1, -0.05) is 6.92 Å². The van der Waals surface area contributed by atoms with Gasteiger partial charge in [0.05, 0.1) is 18.8 Å². The van der Waals surface area contributed by atoms with Crippen LogP contribution in [-0.4, -0.2) is 30.6 Å². The zero-order chi connectivity index (χ0) is 26.3. The lowest BCUT2D eigenvalue weighted by atomic mass is 9.90. The number of benzene rings is 2. The highest BCUT2D eigenvalue weighted by molar-refractivity contribution is 5.96. The summed E-state index contributed by atoms with van der Waals surface area (Å²) >= 11 is 0. The monoisotopic (exact) mass is 508 g/mol. The summed E-state index contributed by atoms with van der Waals surface area (Å²) < 4.78 is 44.7. The third-order valence-corrected chi connectivity index (χ3v) is 6.93. The Morgan fingerprint density at radius 1 is 1.16 bits per heavy atom. The first-order valence-corrected chi connectivity index (χ1v) is 12.5. The van der Waals surface area contributed by atoms with Gasteiger partial charge in [0.2, 0.25) is 0 Å². The van der Waals surface area contributed by atoms with E-state index in [4.69, 9.17) is 24.9 Å². The number of hydrogen-bond donors (Lipinski definition) is 1. The number of pyridine rings is 1. The van der Waals surface area contributed by atoms with E-state index >= 15 is 0 Å². The third-order valence-electron chi connectivity index (χ3n) is 6.93. The van der Waals surface area contributed by atoms with Gasteiger partial charge in [-0.25, -0.2) is 13.8 Å². The van der Waals surface area contributed by atoms with Crippen LogP contribution in [0.25, 0.3) is 11.3 Å². The lowest BCUT2D eigenvalue weighted by Crippen LogP contribution is -2.34. The highest BCUT2D eigenvalue weighted by Crippen LogP contribution is 2.43. The van der Waals surface area contributed by atoms with E-state index in [1.807, 2.05) is 19.9 Å². The van der Waals surface area contributed by atoms with Crippen molar-refractivity contribution in [2.75, 3.05) is 13.7 Å². The molecule has 1 aliphatic heterocycles. The molecule has 1 aliphatic carbocycles. The number of ether oxygens (including phenoxy) is 3. The zero-order valence-corrected chi connectivity index (χ0v) is 21.1. The molecule has 37 heavy (non-hydrogen) atoms. The molecule has 1 aromatic heterocycles. The number of fused-ring (bicyclic) bond motifs is 1. The molecule has 6 nitrogen and oxygen atoms in total. The number of nitrogens with two attached hydrogens (primary N) is 1. The molecule has 2 N–H and O–H groups in total. The van der Waals surface area contributed by atoms with Crippen LogP contribution in [0.5, 0.6) is 17.2 Å². The molecule has 1 fully saturated rings. The lowest BCUT2D eigenvalue weighted by molar-refractivity contribution is 0.0977. The van der Waals surface area contributed by atoms with Gasteiger partial charge in [-0.15, -0.1) is 0 Å². The maximum Gasteiger partial charge on any atom is 0.163 e. The number of aromatic nitrogens is 1. The molecule has 2 heterocycles. The van der Waals surface area contributed by atoms with Gasteiger partial charge in [0.25, 0.3) is 0 Å². The van der Waals surface area contributed by atoms with Crippen molar-refractivity contribution in [2.24, 2.45) is 5.73 Å². The van der Waals surface area contributed by atoms with Crippen LogP contribution in [0.1, 0.15) is 67.1 Å². The van der Waals surface area contributed by atoms with Crippen molar-refractivity contribution >= 4 is 5.78 Å². The van der Waals surface area contributed by atoms with Crippen LogP contribution in [0.15, 0.2) is 42.5 Å². The van der Waals surface area contributed by atoms with E-state index in [2.05, 4.69) is 0 Å². The summed E-state index contributed by atoms with van der Waals surface area (Å²) in [4.78, 5) is 17.8. The summed E-state index contributed by atoms with van der Waals surface area (Å²) in [5.74, 6) is -0.347. The first-order chi connectivity index (χ1) is 17.7. The predicted octanol–water partition coefficient (Wildman–Crippen LogP) is 5.91. The number of carbonyl (C=O) groups is 1. The highest BCUT2D eigenvalue weighted by Gasteiger charge is 2.36. The average Bonchev–Trinajstić information content (AvgIpc) is 3.65. The first kappa shape index (κ1) is 25.1. The largest absolute Gasteiger partial charge is 0.493 e. The number of hydrogen-bond acceptors (Lipinski definition) is 6. The fraction of sp³-hybridized carbons (Fsp3) is 0.379. The van der Waals surface area contributed by atoms with Gasteiger partial charge in [0, 0.05) is 28.8 Å². The van der Waals surface area contributed by atoms with Crippen LogP contribution < -0.4 is 19.9 Å². The summed E-state index contributed by atoms with van der Waals surface area (Å²) in [6.07, 6.45) is 3.13. The van der Waals surface area contributed by atoms with E-state index in [1.54, 1.807) is 25.3 Å². The molecule has 194 valence electrons. The standard InChI is InChI=1S/C29H30F2N2O4/c1-16(4-10-24(34)17-6-11-25(26(13-17)35-3)37-19-7-8-19)23-14-20-28(36-15-29(20,2)32)27(33-23)18-5-9-21(30)22(31)12-18/h5-6,9,11-14,16,19H,4,7-8,10,15,32H2,1-3H3/t16?,29-/m0/s1. The molecular weight excluding hydrogens is 478 g/mol. The summed E-state index contributed by atoms with van der Waals surface area (Å²) in [5, 5.41) is 0. The minimum absolute atomic E-state index is 0.0166. The van der Waals surface area contributed by atoms with Crippen molar-refractivity contribution in [1.82, 2.24) is 4.98 Å². The Morgan fingerprint density at radius 2 is 1.95 bits per heavy atom. The molecule has 2 aromatic carbocycles. The summed E-state index contributed by atoms with van der Waals surface area (Å²) in [6.45, 7) is 4.09. The molecule has 2 aliphatic rings. The van der Waals surface area contributed by atoms with Crippen molar-refractivity contribution in [3.05, 3.63) is 70.9 Å². The normalized spacial score (nSPS) is 19.2. The van der Waals surface area contributed by atoms with Crippen LogP contribution in [0.3, 0.4) is 0 Å². The van der Waals surface area contributed by atoms with Gasteiger partial charge >= 0.3 is 0 Å². The highest BCUT2D eigenvalue weighted by atomic mass is 19.2. The topological polar surface area (TPSA) is 83.7 Å². The van der Waals surface area contributed by atoms with E-state index in [9.17, 15) is 13.6 Å². The van der Waals surface area contributed by atoms with Gasteiger partial charge in [-0.05, 0) is 74.6 Å². The average molecular weight is 509 g/mol. The molecule has 5 rings (SSSR count). The van der Waals surface area contributed by atoms with Gasteiger partial charge in [-0.3, -0.25) is 4.79 Å². The SMILES string of the molecule is COc1cc(C(=O)CCC(C)c2cc3c(c(-c4ccc(F)c(F)c4)n2)OC[C@]3(C)N)ccc1OC1CC1. The lowest BCUT2D eigenvalue weighted by Gasteiger charge is -2.19. The molecule has 0 saturated heterocycles. The smallest absolute Gasteiger partial charge is 0.163 e. The maximum atomic E-state index is 14.0. The minimum atomic E-state index is -0.963. The van der Waals surface area contributed by atoms with Gasteiger partial charge in [0.15, 0.2) is 34.7 Å².